The van der Waals surface area contributed by atoms with E-state index in [0.717, 1.165) is 0 Å². The smallest absolute Gasteiger partial charge is 0.289 e. The molecule has 0 aliphatic rings. The molecule has 2 amide bonds. The molecule has 0 fully saturated rings. The van der Waals surface area contributed by atoms with Crippen molar-refractivity contribution >= 4 is 27.7 Å². The zero-order chi connectivity index (χ0) is 14.6. The quantitative estimate of drug-likeness (QED) is 0.841. The number of nitrogens with one attached hydrogen (secondary N) is 1. The number of furan rings is 1. The van der Waals surface area contributed by atoms with E-state index in [1.54, 1.807) is 12.1 Å². The van der Waals surface area contributed by atoms with Crippen molar-refractivity contribution in [3.63, 3.8) is 0 Å². The molecule has 0 saturated carbocycles. The Morgan fingerprint density at radius 3 is 2.58 bits per heavy atom. The Labute approximate surface area is 120 Å². The van der Waals surface area contributed by atoms with E-state index in [1.165, 1.54) is 11.9 Å². The summed E-state index contributed by atoms with van der Waals surface area (Å²) in [4.78, 5) is 25.0. The number of hydrogen-bond donors (Lipinski definition) is 2. The van der Waals surface area contributed by atoms with Gasteiger partial charge in [-0.15, -0.1) is 0 Å². The third kappa shape index (κ3) is 4.68. The van der Waals surface area contributed by atoms with Gasteiger partial charge in [-0.05, 0) is 41.9 Å². The van der Waals surface area contributed by atoms with E-state index in [-0.39, 0.29) is 24.1 Å². The van der Waals surface area contributed by atoms with Gasteiger partial charge < -0.3 is 20.4 Å². The van der Waals surface area contributed by atoms with Crippen LogP contribution in [0.2, 0.25) is 0 Å². The van der Waals surface area contributed by atoms with Gasteiger partial charge in [0.05, 0.1) is 6.54 Å². The first-order valence-electron chi connectivity index (χ1n) is 5.77. The molecule has 0 aliphatic heterocycles. The third-order valence-corrected chi connectivity index (χ3v) is 2.93. The van der Waals surface area contributed by atoms with Crippen LogP contribution in [-0.2, 0) is 4.79 Å². The topological polar surface area (TPSA) is 88.6 Å². The van der Waals surface area contributed by atoms with E-state index in [2.05, 4.69) is 21.2 Å². The van der Waals surface area contributed by atoms with Gasteiger partial charge in [0.15, 0.2) is 10.4 Å². The monoisotopic (exact) mass is 331 g/mol. The molecule has 1 aromatic heterocycles. The minimum absolute atomic E-state index is 0.0550. The van der Waals surface area contributed by atoms with Crippen molar-refractivity contribution in [1.29, 1.82) is 0 Å². The standard InChI is InChI=1S/C12H18BrN3O3/c1-12(2,7-14)15-10(17)6-16(3)11(18)8-4-5-9(13)19-8/h4-5H,6-7,14H2,1-3H3,(H,15,17). The van der Waals surface area contributed by atoms with Crippen LogP contribution in [0, 0.1) is 0 Å². The van der Waals surface area contributed by atoms with Crippen molar-refractivity contribution in [2.75, 3.05) is 20.1 Å². The number of nitrogens with two attached hydrogens (primary N) is 1. The summed E-state index contributed by atoms with van der Waals surface area (Å²) >= 11 is 3.12. The number of hydrogen-bond acceptors (Lipinski definition) is 4. The van der Waals surface area contributed by atoms with E-state index in [1.807, 2.05) is 13.8 Å². The number of likely N-dealkylation sites (N-methyl/N-ethyl adjacent to an activating group) is 1. The highest BCUT2D eigenvalue weighted by Gasteiger charge is 2.22. The van der Waals surface area contributed by atoms with Crippen LogP contribution >= 0.6 is 15.9 Å². The van der Waals surface area contributed by atoms with Crippen LogP contribution in [-0.4, -0.2) is 42.4 Å². The van der Waals surface area contributed by atoms with Gasteiger partial charge in [-0.3, -0.25) is 9.59 Å². The second-order valence-corrected chi connectivity index (χ2v) is 5.68. The summed E-state index contributed by atoms with van der Waals surface area (Å²) in [5.41, 5.74) is 5.03. The van der Waals surface area contributed by atoms with Crippen molar-refractivity contribution in [1.82, 2.24) is 10.2 Å². The summed E-state index contributed by atoms with van der Waals surface area (Å²) in [6, 6.07) is 3.17. The number of nitrogens with zero attached hydrogens (tertiary/aromatic N) is 1. The fourth-order valence-electron chi connectivity index (χ4n) is 1.37. The van der Waals surface area contributed by atoms with Crippen molar-refractivity contribution < 1.29 is 14.0 Å². The largest absolute Gasteiger partial charge is 0.444 e. The lowest BCUT2D eigenvalue weighted by Gasteiger charge is -2.25. The summed E-state index contributed by atoms with van der Waals surface area (Å²) in [5, 5.41) is 2.75. The molecule has 1 aromatic rings. The SMILES string of the molecule is CN(CC(=O)NC(C)(C)CN)C(=O)c1ccc(Br)o1. The van der Waals surface area contributed by atoms with Crippen molar-refractivity contribution in [3.8, 4) is 0 Å². The summed E-state index contributed by atoms with van der Waals surface area (Å²) in [7, 11) is 1.54. The highest BCUT2D eigenvalue weighted by molar-refractivity contribution is 9.10. The van der Waals surface area contributed by atoms with Gasteiger partial charge in [0.25, 0.3) is 5.91 Å². The molecular formula is C12H18BrN3O3. The molecule has 0 unspecified atom stereocenters. The van der Waals surface area contributed by atoms with Crippen LogP contribution in [0.25, 0.3) is 0 Å². The van der Waals surface area contributed by atoms with Crippen LogP contribution in [0.4, 0.5) is 0 Å². The van der Waals surface area contributed by atoms with Crippen molar-refractivity contribution in [3.05, 3.63) is 22.6 Å². The van der Waals surface area contributed by atoms with E-state index in [9.17, 15) is 9.59 Å². The zero-order valence-electron chi connectivity index (χ0n) is 11.2. The Hall–Kier alpha value is -1.34. The Kier molecular flexibility index (Phi) is 5.13. The Morgan fingerprint density at radius 1 is 1.47 bits per heavy atom. The van der Waals surface area contributed by atoms with E-state index >= 15 is 0 Å². The van der Waals surface area contributed by atoms with Gasteiger partial charge in [0.1, 0.15) is 0 Å². The molecular weight excluding hydrogens is 314 g/mol. The lowest BCUT2D eigenvalue weighted by molar-refractivity contribution is -0.123. The maximum Gasteiger partial charge on any atom is 0.289 e. The normalized spacial score (nSPS) is 11.2. The molecule has 3 N–H and O–H groups in total. The summed E-state index contributed by atoms with van der Waals surface area (Å²) < 4.78 is 5.61. The van der Waals surface area contributed by atoms with Crippen LogP contribution in [0.3, 0.4) is 0 Å². The van der Waals surface area contributed by atoms with Crippen LogP contribution in [0.1, 0.15) is 24.4 Å². The molecule has 106 valence electrons. The molecule has 7 heteroatoms. The Bertz CT molecular complexity index is 471. The number of amides is 2. The van der Waals surface area contributed by atoms with Crippen LogP contribution < -0.4 is 11.1 Å². The van der Waals surface area contributed by atoms with Crippen molar-refractivity contribution in [2.45, 2.75) is 19.4 Å². The van der Waals surface area contributed by atoms with Gasteiger partial charge in [0.2, 0.25) is 5.91 Å². The Morgan fingerprint density at radius 2 is 2.11 bits per heavy atom. The minimum Gasteiger partial charge on any atom is -0.444 e. The van der Waals surface area contributed by atoms with Gasteiger partial charge in [-0.1, -0.05) is 0 Å². The summed E-state index contributed by atoms with van der Waals surface area (Å²) in [6.45, 7) is 3.90. The van der Waals surface area contributed by atoms with Gasteiger partial charge in [-0.25, -0.2) is 0 Å². The average Bonchev–Trinajstić information content (AvgIpc) is 2.74. The molecule has 0 aliphatic carbocycles. The highest BCUT2D eigenvalue weighted by atomic mass is 79.9. The van der Waals surface area contributed by atoms with E-state index in [4.69, 9.17) is 10.2 Å². The second-order valence-electron chi connectivity index (χ2n) is 4.90. The third-order valence-electron chi connectivity index (χ3n) is 2.50. The molecule has 0 spiro atoms. The number of carbonyl (C=O) groups excluding carboxylic acids is 2. The Balaban J connectivity index is 2.57. The van der Waals surface area contributed by atoms with Crippen molar-refractivity contribution in [2.24, 2.45) is 5.73 Å². The summed E-state index contributed by atoms with van der Waals surface area (Å²) in [5.74, 6) is -0.441. The molecule has 0 atom stereocenters. The number of halogens is 1. The molecule has 1 heterocycles. The molecule has 19 heavy (non-hydrogen) atoms. The molecule has 0 radical (unpaired) electrons. The summed E-state index contributed by atoms with van der Waals surface area (Å²) in [6.07, 6.45) is 0. The fourth-order valence-corrected chi connectivity index (χ4v) is 1.68. The maximum atomic E-state index is 11.9. The highest BCUT2D eigenvalue weighted by Crippen LogP contribution is 2.15. The lowest BCUT2D eigenvalue weighted by atomic mass is 10.1. The molecule has 0 saturated heterocycles. The molecule has 6 nitrogen and oxygen atoms in total. The van der Waals surface area contributed by atoms with Gasteiger partial charge in [-0.2, -0.15) is 0 Å². The first-order valence-corrected chi connectivity index (χ1v) is 6.56. The predicted molar refractivity (Wildman–Crippen MR) is 74.6 cm³/mol. The van der Waals surface area contributed by atoms with Gasteiger partial charge in [0, 0.05) is 19.1 Å². The fraction of sp³-hybridized carbons (Fsp3) is 0.500. The number of rotatable bonds is 5. The van der Waals surface area contributed by atoms with E-state index < -0.39 is 5.54 Å². The predicted octanol–water partition coefficient (Wildman–Crippen LogP) is 0.968. The molecule has 0 aromatic carbocycles. The second kappa shape index (κ2) is 6.21. The first-order chi connectivity index (χ1) is 8.75. The van der Waals surface area contributed by atoms with Crippen LogP contribution in [0.5, 0.6) is 0 Å². The molecule has 0 bridgehead atoms. The average molecular weight is 332 g/mol. The van der Waals surface area contributed by atoms with Gasteiger partial charge >= 0.3 is 0 Å². The number of carbonyl (C=O) groups is 2. The zero-order valence-corrected chi connectivity index (χ0v) is 12.8. The maximum absolute atomic E-state index is 11.9. The molecule has 1 rings (SSSR count). The minimum atomic E-state index is -0.491. The van der Waals surface area contributed by atoms with Crippen LogP contribution in [0.15, 0.2) is 21.2 Å². The van der Waals surface area contributed by atoms with E-state index in [0.29, 0.717) is 11.2 Å². The first kappa shape index (κ1) is 15.7. The lowest BCUT2D eigenvalue weighted by Crippen LogP contribution is -2.51.